The third-order valence-electron chi connectivity index (χ3n) is 5.58. The van der Waals surface area contributed by atoms with E-state index in [1.165, 1.54) is 12.8 Å². The molecule has 3 nitrogen and oxygen atoms in total. The molecule has 1 atom stereocenters. The molecule has 0 aliphatic rings. The number of carboxylic acids is 1. The van der Waals surface area contributed by atoms with Gasteiger partial charge in [0.15, 0.2) is 0 Å². The lowest BCUT2D eigenvalue weighted by atomic mass is 9.67. The minimum atomic E-state index is -1.07. The van der Waals surface area contributed by atoms with E-state index in [4.69, 9.17) is 0 Å². The maximum absolute atomic E-state index is 11.8. The molecule has 0 saturated heterocycles. The third-order valence-corrected chi connectivity index (χ3v) is 5.58. The number of aromatic hydroxyl groups is 1. The van der Waals surface area contributed by atoms with Crippen molar-refractivity contribution >= 4 is 5.97 Å². The highest BCUT2D eigenvalue weighted by Crippen LogP contribution is 2.46. The van der Waals surface area contributed by atoms with Crippen molar-refractivity contribution in [3.63, 3.8) is 0 Å². The zero-order valence-electron chi connectivity index (χ0n) is 16.8. The first-order chi connectivity index (χ1) is 13.0. The predicted molar refractivity (Wildman–Crippen MR) is 111 cm³/mol. The summed E-state index contributed by atoms with van der Waals surface area (Å²) in [6.07, 6.45) is 7.30. The van der Waals surface area contributed by atoms with Crippen LogP contribution in [0.1, 0.15) is 85.8 Å². The standard InChI is InChI=1S/C24H32O3/c1-4-6-7-11-17-24(16-5-2,19-12-9-8-10-13-19)20-15-14-18(3)21(22(20)25)23(26)27/h8-10,12-15,25H,4-7,11,16-17H2,1-3H3,(H,26,27). The van der Waals surface area contributed by atoms with Gasteiger partial charge in [-0.3, -0.25) is 0 Å². The van der Waals surface area contributed by atoms with Crippen LogP contribution in [0.3, 0.4) is 0 Å². The second-order valence-electron chi connectivity index (χ2n) is 7.47. The first kappa shape index (κ1) is 21.0. The molecule has 0 fully saturated rings. The molecule has 0 heterocycles. The van der Waals surface area contributed by atoms with Crippen LogP contribution in [0.15, 0.2) is 42.5 Å². The van der Waals surface area contributed by atoms with E-state index in [1.807, 2.05) is 30.3 Å². The van der Waals surface area contributed by atoms with Crippen LogP contribution in [0.5, 0.6) is 5.75 Å². The van der Waals surface area contributed by atoms with Crippen LogP contribution in [-0.2, 0) is 5.41 Å². The number of hydrogen-bond donors (Lipinski definition) is 2. The Morgan fingerprint density at radius 1 is 0.926 bits per heavy atom. The fourth-order valence-electron chi connectivity index (χ4n) is 4.22. The number of carboxylic acid groups (broad SMARTS) is 1. The molecule has 146 valence electrons. The predicted octanol–water partition coefficient (Wildman–Crippen LogP) is 6.46. The normalized spacial score (nSPS) is 13.3. The van der Waals surface area contributed by atoms with Gasteiger partial charge in [0.25, 0.3) is 0 Å². The van der Waals surface area contributed by atoms with E-state index in [1.54, 1.807) is 6.92 Å². The molecule has 2 N–H and O–H groups in total. The molecule has 0 aromatic heterocycles. The molecule has 0 aliphatic heterocycles. The molecular formula is C24H32O3. The molecule has 0 aliphatic carbocycles. The Kier molecular flexibility index (Phi) is 7.46. The Hall–Kier alpha value is -2.29. The number of unbranched alkanes of at least 4 members (excludes halogenated alkanes) is 3. The van der Waals surface area contributed by atoms with Crippen molar-refractivity contribution in [1.29, 1.82) is 0 Å². The van der Waals surface area contributed by atoms with Crippen molar-refractivity contribution in [2.24, 2.45) is 0 Å². The Bertz CT molecular complexity index is 752. The highest BCUT2D eigenvalue weighted by Gasteiger charge is 2.36. The molecule has 0 amide bonds. The highest BCUT2D eigenvalue weighted by molar-refractivity contribution is 5.93. The number of rotatable bonds is 10. The molecular weight excluding hydrogens is 336 g/mol. The lowest BCUT2D eigenvalue weighted by Crippen LogP contribution is -2.28. The first-order valence-electron chi connectivity index (χ1n) is 10.1. The topological polar surface area (TPSA) is 57.5 Å². The Morgan fingerprint density at radius 3 is 2.22 bits per heavy atom. The SMILES string of the molecule is CCCCCCC(CCC)(c1ccccc1)c1ccc(C)c(C(=O)O)c1O. The maximum Gasteiger partial charge on any atom is 0.339 e. The number of phenols is 1. The molecule has 2 aromatic carbocycles. The quantitative estimate of drug-likeness (QED) is 0.473. The van der Waals surface area contributed by atoms with Crippen LogP contribution in [0.4, 0.5) is 0 Å². The molecule has 2 rings (SSSR count). The van der Waals surface area contributed by atoms with Crippen molar-refractivity contribution in [2.75, 3.05) is 0 Å². The molecule has 1 unspecified atom stereocenters. The fraction of sp³-hybridized carbons (Fsp3) is 0.458. The fourth-order valence-corrected chi connectivity index (χ4v) is 4.22. The summed E-state index contributed by atoms with van der Waals surface area (Å²) in [5.41, 5.74) is 2.14. The largest absolute Gasteiger partial charge is 0.507 e. The number of carbonyl (C=O) groups is 1. The number of hydrogen-bond acceptors (Lipinski definition) is 2. The van der Waals surface area contributed by atoms with Crippen LogP contribution in [0, 0.1) is 6.92 Å². The van der Waals surface area contributed by atoms with Crippen molar-refractivity contribution in [3.8, 4) is 5.75 Å². The van der Waals surface area contributed by atoms with Crippen molar-refractivity contribution in [1.82, 2.24) is 0 Å². The van der Waals surface area contributed by atoms with Gasteiger partial charge in [-0.1, -0.05) is 88.4 Å². The monoisotopic (exact) mass is 368 g/mol. The first-order valence-corrected chi connectivity index (χ1v) is 10.1. The summed E-state index contributed by atoms with van der Waals surface area (Å²) in [6, 6.07) is 14.0. The average Bonchev–Trinajstić information content (AvgIpc) is 2.65. The molecule has 27 heavy (non-hydrogen) atoms. The second kappa shape index (κ2) is 9.59. The van der Waals surface area contributed by atoms with Gasteiger partial charge in [-0.15, -0.1) is 0 Å². The van der Waals surface area contributed by atoms with Crippen LogP contribution in [-0.4, -0.2) is 16.2 Å². The third kappa shape index (κ3) is 4.52. The van der Waals surface area contributed by atoms with Crippen LogP contribution in [0.25, 0.3) is 0 Å². The van der Waals surface area contributed by atoms with Crippen molar-refractivity contribution in [3.05, 3.63) is 64.7 Å². The summed E-state index contributed by atoms with van der Waals surface area (Å²) in [6.45, 7) is 6.08. The van der Waals surface area contributed by atoms with E-state index in [-0.39, 0.29) is 16.7 Å². The zero-order chi connectivity index (χ0) is 19.9. The molecule has 0 bridgehead atoms. The molecule has 2 aromatic rings. The van der Waals surface area contributed by atoms with Gasteiger partial charge < -0.3 is 10.2 Å². The van der Waals surface area contributed by atoms with Crippen LogP contribution < -0.4 is 0 Å². The summed E-state index contributed by atoms with van der Waals surface area (Å²) < 4.78 is 0. The van der Waals surface area contributed by atoms with Crippen LogP contribution >= 0.6 is 0 Å². The lowest BCUT2D eigenvalue weighted by Gasteiger charge is -2.36. The van der Waals surface area contributed by atoms with E-state index in [2.05, 4.69) is 26.0 Å². The van der Waals surface area contributed by atoms with Gasteiger partial charge in [0, 0.05) is 11.0 Å². The van der Waals surface area contributed by atoms with Gasteiger partial charge in [0.1, 0.15) is 11.3 Å². The molecule has 0 radical (unpaired) electrons. The van der Waals surface area contributed by atoms with Gasteiger partial charge in [0.05, 0.1) is 0 Å². The highest BCUT2D eigenvalue weighted by atomic mass is 16.4. The summed E-state index contributed by atoms with van der Waals surface area (Å²) in [5, 5.41) is 20.6. The number of aryl methyl sites for hydroxylation is 1. The van der Waals surface area contributed by atoms with Gasteiger partial charge >= 0.3 is 5.97 Å². The Balaban J connectivity index is 2.64. The maximum atomic E-state index is 11.8. The Morgan fingerprint density at radius 2 is 1.63 bits per heavy atom. The van der Waals surface area contributed by atoms with Gasteiger partial charge in [-0.25, -0.2) is 4.79 Å². The van der Waals surface area contributed by atoms with E-state index in [0.29, 0.717) is 5.56 Å². The van der Waals surface area contributed by atoms with Crippen molar-refractivity contribution in [2.45, 2.75) is 71.1 Å². The van der Waals surface area contributed by atoms with Gasteiger partial charge in [-0.05, 0) is 30.9 Å². The molecule has 3 heteroatoms. The second-order valence-corrected chi connectivity index (χ2v) is 7.47. The van der Waals surface area contributed by atoms with E-state index >= 15 is 0 Å². The van der Waals surface area contributed by atoms with E-state index in [0.717, 1.165) is 43.2 Å². The minimum Gasteiger partial charge on any atom is -0.507 e. The number of benzene rings is 2. The number of aromatic carboxylic acids is 1. The average molecular weight is 369 g/mol. The minimum absolute atomic E-state index is 0.0254. The van der Waals surface area contributed by atoms with Gasteiger partial charge in [0.2, 0.25) is 0 Å². The summed E-state index contributed by atoms with van der Waals surface area (Å²) in [7, 11) is 0. The summed E-state index contributed by atoms with van der Waals surface area (Å²) in [5.74, 6) is -1.15. The van der Waals surface area contributed by atoms with Gasteiger partial charge in [-0.2, -0.15) is 0 Å². The van der Waals surface area contributed by atoms with E-state index < -0.39 is 5.97 Å². The smallest absolute Gasteiger partial charge is 0.339 e. The summed E-state index contributed by atoms with van der Waals surface area (Å²) >= 11 is 0. The summed E-state index contributed by atoms with van der Waals surface area (Å²) in [4.78, 5) is 11.8. The molecule has 0 saturated carbocycles. The molecule has 0 spiro atoms. The zero-order valence-corrected chi connectivity index (χ0v) is 16.8. The van der Waals surface area contributed by atoms with Crippen molar-refractivity contribution < 1.29 is 15.0 Å². The van der Waals surface area contributed by atoms with E-state index in [9.17, 15) is 15.0 Å². The Labute approximate surface area is 163 Å². The lowest BCUT2D eigenvalue weighted by molar-refractivity contribution is 0.0692. The van der Waals surface area contributed by atoms with Crippen LogP contribution in [0.2, 0.25) is 0 Å².